The van der Waals surface area contributed by atoms with Crippen LogP contribution in [0.5, 0.6) is 0 Å². The van der Waals surface area contributed by atoms with Crippen molar-refractivity contribution in [2.75, 3.05) is 4.72 Å². The van der Waals surface area contributed by atoms with Crippen molar-refractivity contribution >= 4 is 15.8 Å². The second-order valence-electron chi connectivity index (χ2n) is 8.66. The van der Waals surface area contributed by atoms with Gasteiger partial charge in [0.1, 0.15) is 5.82 Å². The average Bonchev–Trinajstić information content (AvgIpc) is 2.81. The lowest BCUT2D eigenvalue weighted by Crippen LogP contribution is -2.19. The number of rotatable bonds is 10. The van der Waals surface area contributed by atoms with Crippen molar-refractivity contribution in [2.24, 2.45) is 0 Å². The van der Waals surface area contributed by atoms with Gasteiger partial charge in [-0.25, -0.2) is 9.97 Å². The fourth-order valence-electron chi connectivity index (χ4n) is 4.01. The maximum absolute atomic E-state index is 13.7. The summed E-state index contributed by atoms with van der Waals surface area (Å²) in [6.45, 7) is 5.76. The molecule has 0 radical (unpaired) electrons. The predicted octanol–water partition coefficient (Wildman–Crippen LogP) is 7.35. The van der Waals surface area contributed by atoms with Crippen molar-refractivity contribution < 1.29 is 21.6 Å². The molecule has 0 aliphatic heterocycles. The summed E-state index contributed by atoms with van der Waals surface area (Å²) in [5, 5.41) is -0.137. The maximum atomic E-state index is 13.7. The Morgan fingerprint density at radius 3 is 2.43 bits per heavy atom. The van der Waals surface area contributed by atoms with Gasteiger partial charge in [0.25, 0.3) is 10.0 Å². The van der Waals surface area contributed by atoms with Crippen LogP contribution in [-0.2, 0) is 16.2 Å². The van der Waals surface area contributed by atoms with Crippen LogP contribution in [0.15, 0.2) is 59.8 Å². The van der Waals surface area contributed by atoms with Crippen molar-refractivity contribution in [3.05, 3.63) is 71.4 Å². The van der Waals surface area contributed by atoms with E-state index < -0.39 is 21.8 Å². The van der Waals surface area contributed by atoms with Gasteiger partial charge < -0.3 is 0 Å². The predicted molar refractivity (Wildman–Crippen MR) is 132 cm³/mol. The van der Waals surface area contributed by atoms with Crippen molar-refractivity contribution in [3.8, 4) is 11.3 Å². The second kappa shape index (κ2) is 11.2. The first-order chi connectivity index (χ1) is 16.5. The molecular weight excluding hydrogens is 475 g/mol. The number of benzene rings is 1. The fourth-order valence-corrected chi connectivity index (χ4v) is 5.28. The number of halogens is 3. The zero-order valence-electron chi connectivity index (χ0n) is 20.1. The molecule has 0 spiro atoms. The molecule has 9 heteroatoms. The van der Waals surface area contributed by atoms with Gasteiger partial charge in [-0.15, -0.1) is 0 Å². The summed E-state index contributed by atoms with van der Waals surface area (Å²) >= 11 is 0. The van der Waals surface area contributed by atoms with Crippen LogP contribution >= 0.6 is 0 Å². The molecule has 1 unspecified atom stereocenters. The molecule has 2 aromatic heterocycles. The molecule has 0 saturated carbocycles. The number of hydrogen-bond donors (Lipinski definition) is 1. The number of nitrogens with one attached hydrogen (secondary N) is 1. The summed E-state index contributed by atoms with van der Waals surface area (Å²) in [7, 11) is -4.19. The highest BCUT2D eigenvalue weighted by molar-refractivity contribution is 7.92. The molecule has 0 aliphatic rings. The van der Waals surface area contributed by atoms with E-state index in [1.54, 1.807) is 37.3 Å². The van der Waals surface area contributed by atoms with Crippen LogP contribution in [0, 0.1) is 6.92 Å². The molecule has 2 heterocycles. The molecule has 0 fully saturated rings. The Morgan fingerprint density at radius 2 is 1.74 bits per heavy atom. The number of aromatic nitrogens is 2. The Morgan fingerprint density at radius 1 is 1.00 bits per heavy atom. The lowest BCUT2D eigenvalue weighted by molar-refractivity contribution is -0.137. The van der Waals surface area contributed by atoms with Crippen LogP contribution in [-0.4, -0.2) is 18.4 Å². The third-order valence-corrected chi connectivity index (χ3v) is 7.24. The number of sulfonamides is 1. The van der Waals surface area contributed by atoms with Gasteiger partial charge in [0.15, 0.2) is 5.03 Å². The molecule has 3 rings (SSSR count). The molecule has 188 valence electrons. The van der Waals surface area contributed by atoms with Gasteiger partial charge in [-0.2, -0.15) is 21.6 Å². The monoisotopic (exact) mass is 505 g/mol. The van der Waals surface area contributed by atoms with E-state index in [1.807, 2.05) is 6.92 Å². The van der Waals surface area contributed by atoms with Gasteiger partial charge in [-0.05, 0) is 48.6 Å². The molecule has 5 nitrogen and oxygen atoms in total. The molecule has 3 aromatic rings. The normalized spacial score (nSPS) is 13.0. The Hall–Kier alpha value is -2.94. The Balaban J connectivity index is 1.96. The maximum Gasteiger partial charge on any atom is 0.418 e. The van der Waals surface area contributed by atoms with E-state index in [0.29, 0.717) is 11.1 Å². The smallest absolute Gasteiger partial charge is 0.262 e. The highest BCUT2D eigenvalue weighted by atomic mass is 32.2. The number of unbranched alkanes of at least 4 members (excludes halogenated alkanes) is 3. The second-order valence-corrected chi connectivity index (χ2v) is 10.3. The zero-order valence-corrected chi connectivity index (χ0v) is 20.9. The molecule has 35 heavy (non-hydrogen) atoms. The first-order valence-electron chi connectivity index (χ1n) is 11.7. The molecule has 1 N–H and O–H groups in total. The third-order valence-electron chi connectivity index (χ3n) is 5.92. The van der Waals surface area contributed by atoms with Crippen LogP contribution in [0.1, 0.15) is 68.6 Å². The first-order valence-corrected chi connectivity index (χ1v) is 13.1. The van der Waals surface area contributed by atoms with Crippen LogP contribution < -0.4 is 4.72 Å². The standard InChI is InChI=1S/C26H30F3N3O2S/c1-4-5-6-7-11-19(3)21-14-10-17-30-25(21)35(33,34)32-23-16-15-22(26(27,28)29)24(31-23)20-13-9-8-12-18(20)2/h8-10,12-17,19H,4-7,11H2,1-3H3,(H,31,32). The highest BCUT2D eigenvalue weighted by Crippen LogP contribution is 2.38. The number of pyridine rings is 2. The van der Waals surface area contributed by atoms with Crippen molar-refractivity contribution in [3.63, 3.8) is 0 Å². The number of nitrogens with zero attached hydrogens (tertiary/aromatic N) is 2. The average molecular weight is 506 g/mol. The summed E-state index contributed by atoms with van der Waals surface area (Å²) in [6.07, 6.45) is 1.81. The third kappa shape index (κ3) is 6.60. The quantitative estimate of drug-likeness (QED) is 0.293. The molecule has 1 aromatic carbocycles. The number of aryl methyl sites for hydroxylation is 1. The molecule has 0 bridgehead atoms. The summed E-state index contributed by atoms with van der Waals surface area (Å²) in [5.41, 5.74) is 0.173. The minimum absolute atomic E-state index is 0.0461. The van der Waals surface area contributed by atoms with Gasteiger partial charge in [0, 0.05) is 11.8 Å². The number of hydrogen-bond acceptors (Lipinski definition) is 4. The molecule has 0 amide bonds. The van der Waals surface area contributed by atoms with Gasteiger partial charge >= 0.3 is 6.18 Å². The SMILES string of the molecule is CCCCCCC(C)c1cccnc1S(=O)(=O)Nc1ccc(C(F)(F)F)c(-c2ccccc2C)n1. The van der Waals surface area contributed by atoms with E-state index >= 15 is 0 Å². The van der Waals surface area contributed by atoms with E-state index in [1.165, 1.54) is 12.3 Å². The summed E-state index contributed by atoms with van der Waals surface area (Å²) in [5.74, 6) is -0.251. The number of anilines is 1. The number of alkyl halides is 3. The summed E-state index contributed by atoms with van der Waals surface area (Å²) in [6, 6.07) is 11.8. The molecule has 0 aliphatic carbocycles. The van der Waals surface area contributed by atoms with Gasteiger partial charge in [-0.1, -0.05) is 69.9 Å². The topological polar surface area (TPSA) is 72.0 Å². The van der Waals surface area contributed by atoms with E-state index in [2.05, 4.69) is 21.6 Å². The Labute approximate surface area is 204 Å². The fraction of sp³-hybridized carbons (Fsp3) is 0.385. The molecule has 0 saturated heterocycles. The van der Waals surface area contributed by atoms with Gasteiger partial charge in [0.05, 0.1) is 11.3 Å². The van der Waals surface area contributed by atoms with Crippen molar-refractivity contribution in [1.29, 1.82) is 0 Å². The van der Waals surface area contributed by atoms with Gasteiger partial charge in [0.2, 0.25) is 0 Å². The van der Waals surface area contributed by atoms with E-state index in [9.17, 15) is 21.6 Å². The molecular formula is C26H30F3N3O2S. The Bertz CT molecular complexity index is 1260. The minimum Gasteiger partial charge on any atom is -0.262 e. The van der Waals surface area contributed by atoms with E-state index in [-0.39, 0.29) is 28.0 Å². The molecule has 1 atom stereocenters. The van der Waals surface area contributed by atoms with E-state index in [0.717, 1.165) is 44.2 Å². The lowest BCUT2D eigenvalue weighted by Gasteiger charge is -2.18. The zero-order chi connectivity index (χ0) is 25.6. The largest absolute Gasteiger partial charge is 0.418 e. The highest BCUT2D eigenvalue weighted by Gasteiger charge is 2.35. The van der Waals surface area contributed by atoms with Crippen LogP contribution in [0.25, 0.3) is 11.3 Å². The van der Waals surface area contributed by atoms with Crippen molar-refractivity contribution in [2.45, 2.75) is 70.0 Å². The Kier molecular flexibility index (Phi) is 8.53. The first kappa shape index (κ1) is 26.7. The van der Waals surface area contributed by atoms with Crippen molar-refractivity contribution in [1.82, 2.24) is 9.97 Å². The van der Waals surface area contributed by atoms with Crippen LogP contribution in [0.2, 0.25) is 0 Å². The van der Waals surface area contributed by atoms with E-state index in [4.69, 9.17) is 0 Å². The van der Waals surface area contributed by atoms with Gasteiger partial charge in [-0.3, -0.25) is 4.72 Å². The lowest BCUT2D eigenvalue weighted by atomic mass is 9.96. The summed E-state index contributed by atoms with van der Waals surface area (Å²) in [4.78, 5) is 8.19. The minimum atomic E-state index is -4.65. The van der Waals surface area contributed by atoms with Crippen LogP contribution in [0.3, 0.4) is 0 Å². The van der Waals surface area contributed by atoms with Crippen LogP contribution in [0.4, 0.5) is 19.0 Å². The summed E-state index contributed by atoms with van der Waals surface area (Å²) < 4.78 is 70.0.